The highest BCUT2D eigenvalue weighted by molar-refractivity contribution is 5.97. The zero-order valence-electron chi connectivity index (χ0n) is 19.4. The van der Waals surface area contributed by atoms with Gasteiger partial charge in [0.25, 0.3) is 0 Å². The first-order valence-corrected chi connectivity index (χ1v) is 11.2. The molecule has 0 fully saturated rings. The minimum absolute atomic E-state index is 0.0250. The molecule has 0 aliphatic carbocycles. The molecule has 0 amide bonds. The molecule has 4 aromatic rings. The first kappa shape index (κ1) is 22.8. The number of Topliss-reactive ketones (excluding diaryl/α,β-unsaturated/α-hetero) is 1. The van der Waals surface area contributed by atoms with E-state index in [4.69, 9.17) is 0 Å². The molecule has 0 aliphatic heterocycles. The SMILES string of the molecule is Cc1ccc(-c2cc(C(=O)CC(C)C)cc(C(O)c3cccc4nc(C)ccc34)c2)c(F)c1. The van der Waals surface area contributed by atoms with Crippen LogP contribution in [0.3, 0.4) is 0 Å². The van der Waals surface area contributed by atoms with Crippen molar-refractivity contribution < 1.29 is 14.3 Å². The lowest BCUT2D eigenvalue weighted by Gasteiger charge is -2.17. The maximum atomic E-state index is 14.8. The third-order valence-electron chi connectivity index (χ3n) is 5.82. The molecule has 1 aromatic heterocycles. The predicted octanol–water partition coefficient (Wildman–Crippen LogP) is 6.97. The molecule has 4 heteroatoms. The van der Waals surface area contributed by atoms with Gasteiger partial charge in [0, 0.05) is 28.6 Å². The highest BCUT2D eigenvalue weighted by Gasteiger charge is 2.19. The van der Waals surface area contributed by atoms with Crippen LogP contribution in [0.4, 0.5) is 4.39 Å². The normalized spacial score (nSPS) is 12.3. The quantitative estimate of drug-likeness (QED) is 0.329. The zero-order valence-corrected chi connectivity index (χ0v) is 19.4. The largest absolute Gasteiger partial charge is 0.384 e. The van der Waals surface area contributed by atoms with Crippen LogP contribution in [0.5, 0.6) is 0 Å². The fraction of sp³-hybridized carbons (Fsp3) is 0.241. The summed E-state index contributed by atoms with van der Waals surface area (Å²) in [5, 5.41) is 12.2. The molecule has 168 valence electrons. The van der Waals surface area contributed by atoms with Crippen molar-refractivity contribution in [3.8, 4) is 11.1 Å². The molecule has 0 radical (unpaired) electrons. The van der Waals surface area contributed by atoms with Crippen LogP contribution in [0, 0.1) is 25.6 Å². The number of halogens is 1. The van der Waals surface area contributed by atoms with Crippen LogP contribution in [-0.4, -0.2) is 15.9 Å². The Balaban J connectivity index is 1.87. The van der Waals surface area contributed by atoms with Gasteiger partial charge in [-0.2, -0.15) is 0 Å². The number of benzene rings is 3. The van der Waals surface area contributed by atoms with E-state index in [-0.39, 0.29) is 17.5 Å². The number of hydrogen-bond acceptors (Lipinski definition) is 3. The van der Waals surface area contributed by atoms with E-state index in [1.165, 1.54) is 6.07 Å². The van der Waals surface area contributed by atoms with Gasteiger partial charge in [-0.1, -0.05) is 44.2 Å². The summed E-state index contributed by atoms with van der Waals surface area (Å²) in [5.41, 5.74) is 5.22. The van der Waals surface area contributed by atoms with Gasteiger partial charge in [-0.3, -0.25) is 9.78 Å². The third kappa shape index (κ3) is 4.86. The van der Waals surface area contributed by atoms with Crippen LogP contribution in [-0.2, 0) is 0 Å². The van der Waals surface area contributed by atoms with Gasteiger partial charge in [0.1, 0.15) is 11.9 Å². The summed E-state index contributed by atoms with van der Waals surface area (Å²) < 4.78 is 14.8. The van der Waals surface area contributed by atoms with Gasteiger partial charge in [0.2, 0.25) is 0 Å². The number of aliphatic hydroxyl groups excluding tert-OH is 1. The van der Waals surface area contributed by atoms with Crippen molar-refractivity contribution in [2.75, 3.05) is 0 Å². The van der Waals surface area contributed by atoms with E-state index in [1.54, 1.807) is 24.3 Å². The molecule has 0 saturated heterocycles. The number of fused-ring (bicyclic) bond motifs is 1. The third-order valence-corrected chi connectivity index (χ3v) is 5.82. The Hall–Kier alpha value is -3.37. The predicted molar refractivity (Wildman–Crippen MR) is 131 cm³/mol. The molecule has 3 nitrogen and oxygen atoms in total. The minimum atomic E-state index is -0.989. The number of aliphatic hydroxyl groups is 1. The number of aryl methyl sites for hydroxylation is 2. The monoisotopic (exact) mass is 441 g/mol. The van der Waals surface area contributed by atoms with Crippen LogP contribution in [0.1, 0.15) is 59.1 Å². The Morgan fingerprint density at radius 1 is 1.00 bits per heavy atom. The van der Waals surface area contributed by atoms with Gasteiger partial charge in [0.15, 0.2) is 5.78 Å². The van der Waals surface area contributed by atoms with Gasteiger partial charge in [-0.25, -0.2) is 4.39 Å². The van der Waals surface area contributed by atoms with Gasteiger partial charge in [-0.05, 0) is 78.4 Å². The van der Waals surface area contributed by atoms with E-state index >= 15 is 0 Å². The highest BCUT2D eigenvalue weighted by Crippen LogP contribution is 2.33. The van der Waals surface area contributed by atoms with Crippen molar-refractivity contribution in [2.24, 2.45) is 5.92 Å². The number of carbonyl (C=O) groups is 1. The molecule has 0 bridgehead atoms. The number of ketones is 1. The van der Waals surface area contributed by atoms with Crippen molar-refractivity contribution in [3.63, 3.8) is 0 Å². The second-order valence-electron chi connectivity index (χ2n) is 9.12. The Kier molecular flexibility index (Phi) is 6.39. The Morgan fingerprint density at radius 2 is 1.79 bits per heavy atom. The van der Waals surface area contributed by atoms with Crippen LogP contribution >= 0.6 is 0 Å². The van der Waals surface area contributed by atoms with E-state index in [0.717, 1.165) is 22.2 Å². The summed E-state index contributed by atoms with van der Waals surface area (Å²) in [6, 6.07) is 19.8. The zero-order chi connectivity index (χ0) is 23.7. The van der Waals surface area contributed by atoms with E-state index in [9.17, 15) is 14.3 Å². The maximum Gasteiger partial charge on any atom is 0.163 e. The standard InChI is InChI=1S/C29H28FNO2/c1-17(2)12-28(32)21-14-20(23-10-8-18(3)13-26(23)30)15-22(16-21)29(33)25-6-5-7-27-24(25)11-9-19(4)31-27/h5-11,13-17,29,33H,12H2,1-4H3. The summed E-state index contributed by atoms with van der Waals surface area (Å²) in [5.74, 6) is -0.185. The lowest BCUT2D eigenvalue weighted by Crippen LogP contribution is -2.07. The van der Waals surface area contributed by atoms with E-state index < -0.39 is 6.10 Å². The van der Waals surface area contributed by atoms with E-state index in [0.29, 0.717) is 34.2 Å². The molecule has 0 spiro atoms. The van der Waals surface area contributed by atoms with Crippen LogP contribution in [0.25, 0.3) is 22.0 Å². The van der Waals surface area contributed by atoms with E-state index in [2.05, 4.69) is 4.98 Å². The van der Waals surface area contributed by atoms with Crippen molar-refractivity contribution >= 4 is 16.7 Å². The van der Waals surface area contributed by atoms with Crippen molar-refractivity contribution in [3.05, 3.63) is 100 Å². The number of pyridine rings is 1. The molecular weight excluding hydrogens is 413 g/mol. The van der Waals surface area contributed by atoms with Gasteiger partial charge in [-0.15, -0.1) is 0 Å². The average Bonchev–Trinajstić information content (AvgIpc) is 2.77. The molecule has 3 aromatic carbocycles. The Bertz CT molecular complexity index is 1340. The lowest BCUT2D eigenvalue weighted by atomic mass is 9.90. The average molecular weight is 442 g/mol. The fourth-order valence-corrected chi connectivity index (χ4v) is 4.17. The summed E-state index contributed by atoms with van der Waals surface area (Å²) >= 11 is 0. The first-order chi connectivity index (χ1) is 15.7. The number of rotatable bonds is 6. The summed E-state index contributed by atoms with van der Waals surface area (Å²) in [6.45, 7) is 7.74. The summed E-state index contributed by atoms with van der Waals surface area (Å²) in [6.07, 6.45) is -0.607. The van der Waals surface area contributed by atoms with Crippen LogP contribution < -0.4 is 0 Å². The first-order valence-electron chi connectivity index (χ1n) is 11.2. The van der Waals surface area contributed by atoms with Gasteiger partial charge in [0.05, 0.1) is 5.52 Å². The molecule has 1 unspecified atom stereocenters. The van der Waals surface area contributed by atoms with Crippen molar-refractivity contribution in [1.29, 1.82) is 0 Å². The molecule has 1 atom stereocenters. The number of hydrogen-bond donors (Lipinski definition) is 1. The second-order valence-corrected chi connectivity index (χ2v) is 9.12. The minimum Gasteiger partial charge on any atom is -0.384 e. The maximum absolute atomic E-state index is 14.8. The smallest absolute Gasteiger partial charge is 0.163 e. The van der Waals surface area contributed by atoms with E-state index in [1.807, 2.05) is 64.1 Å². The molecule has 4 rings (SSSR count). The molecule has 33 heavy (non-hydrogen) atoms. The van der Waals surface area contributed by atoms with Gasteiger partial charge < -0.3 is 5.11 Å². The number of aromatic nitrogens is 1. The fourth-order valence-electron chi connectivity index (χ4n) is 4.17. The second kappa shape index (κ2) is 9.24. The summed E-state index contributed by atoms with van der Waals surface area (Å²) in [7, 11) is 0. The topological polar surface area (TPSA) is 50.2 Å². The molecule has 1 N–H and O–H groups in total. The van der Waals surface area contributed by atoms with Crippen LogP contribution in [0.15, 0.2) is 66.7 Å². The van der Waals surface area contributed by atoms with Crippen LogP contribution in [0.2, 0.25) is 0 Å². The molecular formula is C29H28FNO2. The molecule has 1 heterocycles. The lowest BCUT2D eigenvalue weighted by molar-refractivity contribution is 0.0967. The number of carbonyl (C=O) groups excluding carboxylic acids is 1. The Morgan fingerprint density at radius 3 is 2.52 bits per heavy atom. The number of nitrogens with zero attached hydrogens (tertiary/aromatic N) is 1. The van der Waals surface area contributed by atoms with Crippen molar-refractivity contribution in [2.45, 2.75) is 40.2 Å². The summed E-state index contributed by atoms with van der Waals surface area (Å²) in [4.78, 5) is 17.5. The molecule has 0 aliphatic rings. The van der Waals surface area contributed by atoms with Crippen molar-refractivity contribution in [1.82, 2.24) is 4.98 Å². The Labute approximate surface area is 193 Å². The van der Waals surface area contributed by atoms with Gasteiger partial charge >= 0.3 is 0 Å². The highest BCUT2D eigenvalue weighted by atomic mass is 19.1. The molecule has 0 saturated carbocycles.